The second-order valence-electron chi connectivity index (χ2n) is 3.57. The molecule has 0 atom stereocenters. The Kier molecular flexibility index (Phi) is 2.06. The summed E-state index contributed by atoms with van der Waals surface area (Å²) in [5.41, 5.74) is 1.47. The van der Waals surface area contributed by atoms with Crippen molar-refractivity contribution < 1.29 is 14.3 Å². The molecular formula is C12H6ClNO3. The Labute approximate surface area is 100 Å². The van der Waals surface area contributed by atoms with Crippen molar-refractivity contribution in [3.63, 3.8) is 0 Å². The van der Waals surface area contributed by atoms with E-state index >= 15 is 0 Å². The zero-order valence-electron chi connectivity index (χ0n) is 8.48. The van der Waals surface area contributed by atoms with Crippen molar-refractivity contribution in [2.75, 3.05) is 0 Å². The van der Waals surface area contributed by atoms with Crippen LogP contribution in [0.3, 0.4) is 0 Å². The van der Waals surface area contributed by atoms with Gasteiger partial charge < -0.3 is 9.52 Å². The predicted molar refractivity (Wildman–Crippen MR) is 63.5 cm³/mol. The van der Waals surface area contributed by atoms with Crippen LogP contribution in [-0.4, -0.2) is 16.1 Å². The van der Waals surface area contributed by atoms with Crippen LogP contribution in [0, 0.1) is 0 Å². The van der Waals surface area contributed by atoms with E-state index in [0.717, 1.165) is 5.39 Å². The third-order valence-electron chi connectivity index (χ3n) is 2.56. The molecule has 84 valence electrons. The number of aromatic nitrogens is 1. The summed E-state index contributed by atoms with van der Waals surface area (Å²) in [5, 5.41) is 9.84. The summed E-state index contributed by atoms with van der Waals surface area (Å²) in [7, 11) is 0. The highest BCUT2D eigenvalue weighted by Gasteiger charge is 2.17. The molecule has 0 radical (unpaired) electrons. The summed E-state index contributed by atoms with van der Waals surface area (Å²) in [6.45, 7) is 0. The number of hydrogen-bond acceptors (Lipinski definition) is 3. The molecule has 17 heavy (non-hydrogen) atoms. The van der Waals surface area contributed by atoms with Gasteiger partial charge in [-0.15, -0.1) is 0 Å². The van der Waals surface area contributed by atoms with Crippen molar-refractivity contribution in [3.05, 3.63) is 41.0 Å². The van der Waals surface area contributed by atoms with Gasteiger partial charge in [0.05, 0.1) is 0 Å². The van der Waals surface area contributed by atoms with Crippen molar-refractivity contribution in [2.24, 2.45) is 0 Å². The van der Waals surface area contributed by atoms with Crippen LogP contribution < -0.4 is 0 Å². The zero-order valence-corrected chi connectivity index (χ0v) is 9.23. The SMILES string of the molecule is O=C(O)c1cnc2c(oc3ccccc32)c1Cl. The number of pyridine rings is 1. The minimum atomic E-state index is -1.12. The standard InChI is InChI=1S/C12H6ClNO3/c13-9-7(12(15)16)5-14-10-6-3-1-2-4-8(6)17-11(9)10/h1-5H,(H,15,16). The second-order valence-corrected chi connectivity index (χ2v) is 3.94. The largest absolute Gasteiger partial charge is 0.478 e. The van der Waals surface area contributed by atoms with Gasteiger partial charge in [0.15, 0.2) is 5.58 Å². The number of aromatic carboxylic acids is 1. The molecule has 0 aliphatic heterocycles. The molecule has 0 bridgehead atoms. The molecule has 5 heteroatoms. The second kappa shape index (κ2) is 3.46. The lowest BCUT2D eigenvalue weighted by Gasteiger charge is -1.97. The zero-order chi connectivity index (χ0) is 12.0. The molecule has 0 spiro atoms. The number of furan rings is 1. The normalized spacial score (nSPS) is 11.1. The molecule has 2 aromatic heterocycles. The maximum Gasteiger partial charge on any atom is 0.338 e. The van der Waals surface area contributed by atoms with Crippen LogP contribution in [0.5, 0.6) is 0 Å². The summed E-state index contributed by atoms with van der Waals surface area (Å²) >= 11 is 5.99. The highest BCUT2D eigenvalue weighted by atomic mass is 35.5. The van der Waals surface area contributed by atoms with Crippen LogP contribution in [0.1, 0.15) is 10.4 Å². The van der Waals surface area contributed by atoms with Crippen molar-refractivity contribution in [1.82, 2.24) is 4.98 Å². The molecule has 3 rings (SSSR count). The number of nitrogens with zero attached hydrogens (tertiary/aromatic N) is 1. The quantitative estimate of drug-likeness (QED) is 0.716. The van der Waals surface area contributed by atoms with E-state index in [9.17, 15) is 4.79 Å². The molecule has 1 N–H and O–H groups in total. The van der Waals surface area contributed by atoms with Gasteiger partial charge in [0.25, 0.3) is 0 Å². The topological polar surface area (TPSA) is 63.3 Å². The van der Waals surface area contributed by atoms with Gasteiger partial charge >= 0.3 is 5.97 Å². The highest BCUT2D eigenvalue weighted by Crippen LogP contribution is 2.33. The van der Waals surface area contributed by atoms with E-state index in [1.807, 2.05) is 18.2 Å². The number of hydrogen-bond donors (Lipinski definition) is 1. The van der Waals surface area contributed by atoms with E-state index in [-0.39, 0.29) is 10.6 Å². The molecule has 3 aromatic rings. The number of carboxylic acid groups (broad SMARTS) is 1. The molecule has 0 aliphatic rings. The van der Waals surface area contributed by atoms with Crippen LogP contribution in [0.25, 0.3) is 22.1 Å². The first-order valence-electron chi connectivity index (χ1n) is 4.87. The van der Waals surface area contributed by atoms with E-state index < -0.39 is 5.97 Å². The third kappa shape index (κ3) is 1.38. The smallest absolute Gasteiger partial charge is 0.338 e. The van der Waals surface area contributed by atoms with E-state index in [1.165, 1.54) is 6.20 Å². The van der Waals surface area contributed by atoms with Crippen LogP contribution in [0.15, 0.2) is 34.9 Å². The van der Waals surface area contributed by atoms with Crippen LogP contribution in [-0.2, 0) is 0 Å². The highest BCUT2D eigenvalue weighted by molar-refractivity contribution is 6.38. The average Bonchev–Trinajstić information content (AvgIpc) is 2.69. The Morgan fingerprint density at radius 1 is 1.35 bits per heavy atom. The van der Waals surface area contributed by atoms with Crippen LogP contribution >= 0.6 is 11.6 Å². The van der Waals surface area contributed by atoms with Gasteiger partial charge in [-0.3, -0.25) is 4.98 Å². The van der Waals surface area contributed by atoms with Crippen LogP contribution in [0.2, 0.25) is 5.02 Å². The van der Waals surface area contributed by atoms with Crippen molar-refractivity contribution in [1.29, 1.82) is 0 Å². The molecule has 1 aromatic carbocycles. The van der Waals surface area contributed by atoms with Crippen LogP contribution in [0.4, 0.5) is 0 Å². The molecule has 0 aliphatic carbocycles. The van der Waals surface area contributed by atoms with E-state index in [4.69, 9.17) is 21.1 Å². The molecule has 0 unspecified atom stereocenters. The maximum atomic E-state index is 10.9. The van der Waals surface area contributed by atoms with E-state index in [1.54, 1.807) is 6.07 Å². The van der Waals surface area contributed by atoms with E-state index in [2.05, 4.69) is 4.98 Å². The fourth-order valence-corrected chi connectivity index (χ4v) is 2.02. The summed E-state index contributed by atoms with van der Waals surface area (Å²) in [4.78, 5) is 15.0. The maximum absolute atomic E-state index is 10.9. The Hall–Kier alpha value is -2.07. The lowest BCUT2D eigenvalue weighted by atomic mass is 10.2. The number of carboxylic acids is 1. The number of benzene rings is 1. The lowest BCUT2D eigenvalue weighted by molar-refractivity contribution is 0.0696. The number of fused-ring (bicyclic) bond motifs is 3. The Bertz CT molecular complexity index is 748. The minimum Gasteiger partial charge on any atom is -0.478 e. The first-order chi connectivity index (χ1) is 8.18. The summed E-state index contributed by atoms with van der Waals surface area (Å²) in [6, 6.07) is 7.33. The van der Waals surface area contributed by atoms with Gasteiger partial charge in [-0.1, -0.05) is 23.7 Å². The van der Waals surface area contributed by atoms with Gasteiger partial charge in [-0.2, -0.15) is 0 Å². The Morgan fingerprint density at radius 3 is 2.88 bits per heavy atom. The predicted octanol–water partition coefficient (Wildman–Crippen LogP) is 3.33. The summed E-state index contributed by atoms with van der Waals surface area (Å²) in [6.07, 6.45) is 1.24. The lowest BCUT2D eigenvalue weighted by Crippen LogP contribution is -1.98. The molecule has 0 fully saturated rings. The number of carbonyl (C=O) groups is 1. The van der Waals surface area contributed by atoms with Gasteiger partial charge in [-0.05, 0) is 12.1 Å². The van der Waals surface area contributed by atoms with E-state index in [0.29, 0.717) is 16.7 Å². The number of para-hydroxylation sites is 1. The first-order valence-corrected chi connectivity index (χ1v) is 5.25. The molecule has 0 saturated carbocycles. The molecule has 0 saturated heterocycles. The number of rotatable bonds is 1. The Balaban J connectivity index is 2.48. The summed E-state index contributed by atoms with van der Waals surface area (Å²) < 4.78 is 5.52. The monoisotopic (exact) mass is 247 g/mol. The molecular weight excluding hydrogens is 242 g/mol. The van der Waals surface area contributed by atoms with Crippen molar-refractivity contribution >= 4 is 39.6 Å². The molecule has 2 heterocycles. The van der Waals surface area contributed by atoms with Gasteiger partial charge in [-0.25, -0.2) is 4.79 Å². The van der Waals surface area contributed by atoms with Gasteiger partial charge in [0, 0.05) is 11.6 Å². The third-order valence-corrected chi connectivity index (χ3v) is 2.93. The van der Waals surface area contributed by atoms with Crippen molar-refractivity contribution in [3.8, 4) is 0 Å². The van der Waals surface area contributed by atoms with Gasteiger partial charge in [0.2, 0.25) is 0 Å². The fraction of sp³-hybridized carbons (Fsp3) is 0. The molecule has 0 amide bonds. The average molecular weight is 248 g/mol. The Morgan fingerprint density at radius 2 is 2.12 bits per heavy atom. The molecule has 4 nitrogen and oxygen atoms in total. The summed E-state index contributed by atoms with van der Waals surface area (Å²) in [5.74, 6) is -1.12. The minimum absolute atomic E-state index is 0.0572. The number of halogens is 1. The first kappa shape index (κ1) is 10.1. The van der Waals surface area contributed by atoms with Crippen molar-refractivity contribution in [2.45, 2.75) is 0 Å². The fourth-order valence-electron chi connectivity index (χ4n) is 1.77. The van der Waals surface area contributed by atoms with Gasteiger partial charge in [0.1, 0.15) is 21.7 Å².